The minimum Gasteiger partial charge on any atom is -0.338 e. The van der Waals surface area contributed by atoms with Gasteiger partial charge in [0.05, 0.1) is 10.5 Å². The zero-order valence-corrected chi connectivity index (χ0v) is 15.3. The first kappa shape index (κ1) is 18.6. The van der Waals surface area contributed by atoms with Gasteiger partial charge in [0.25, 0.3) is 0 Å². The van der Waals surface area contributed by atoms with Gasteiger partial charge in [-0.3, -0.25) is 0 Å². The van der Waals surface area contributed by atoms with Gasteiger partial charge in [0.15, 0.2) is 9.84 Å². The van der Waals surface area contributed by atoms with Crippen molar-refractivity contribution in [3.05, 3.63) is 64.5 Å². The van der Waals surface area contributed by atoms with Crippen LogP contribution in [0.4, 0.5) is 13.2 Å². The van der Waals surface area contributed by atoms with Crippen molar-refractivity contribution in [2.75, 3.05) is 0 Å². The fraction of sp³-hybridized carbons (Fsp3) is 0.125. The molecule has 0 spiro atoms. The van der Waals surface area contributed by atoms with Crippen LogP contribution in [0.25, 0.3) is 11.4 Å². The lowest BCUT2D eigenvalue weighted by atomic mass is 10.1. The molecule has 0 fully saturated rings. The summed E-state index contributed by atoms with van der Waals surface area (Å²) in [5.41, 5.74) is -0.778. The standard InChI is InChI=1S/C16H10BrF3N2O3S/c17-12-4-6-13(7-5-12)26(23,24)9-14-21-15(22-25-14)10-2-1-3-11(8-10)16(18,19)20/h1-8H,9H2. The molecule has 2 aromatic carbocycles. The number of alkyl halides is 3. The molecule has 3 aromatic rings. The van der Waals surface area contributed by atoms with Gasteiger partial charge in [-0.1, -0.05) is 33.2 Å². The van der Waals surface area contributed by atoms with Crippen LogP contribution in [0.3, 0.4) is 0 Å². The largest absolute Gasteiger partial charge is 0.416 e. The van der Waals surface area contributed by atoms with Gasteiger partial charge in [0.1, 0.15) is 5.75 Å². The Balaban J connectivity index is 1.85. The molecular formula is C16H10BrF3N2O3S. The fourth-order valence-electron chi connectivity index (χ4n) is 2.15. The van der Waals surface area contributed by atoms with Crippen LogP contribution in [-0.4, -0.2) is 18.6 Å². The molecule has 0 bridgehead atoms. The molecule has 0 atom stereocenters. The highest BCUT2D eigenvalue weighted by Gasteiger charge is 2.31. The quantitative estimate of drug-likeness (QED) is 0.590. The molecule has 26 heavy (non-hydrogen) atoms. The van der Waals surface area contributed by atoms with E-state index >= 15 is 0 Å². The normalized spacial score (nSPS) is 12.3. The van der Waals surface area contributed by atoms with Gasteiger partial charge in [0.2, 0.25) is 11.7 Å². The molecule has 0 radical (unpaired) electrons. The molecule has 0 unspecified atom stereocenters. The molecule has 0 saturated carbocycles. The van der Waals surface area contributed by atoms with E-state index in [1.165, 1.54) is 24.3 Å². The van der Waals surface area contributed by atoms with Gasteiger partial charge < -0.3 is 4.52 Å². The van der Waals surface area contributed by atoms with Crippen molar-refractivity contribution >= 4 is 25.8 Å². The molecule has 0 aliphatic heterocycles. The van der Waals surface area contributed by atoms with Crippen molar-refractivity contribution < 1.29 is 26.1 Å². The molecule has 0 aliphatic rings. The zero-order chi connectivity index (χ0) is 18.9. The summed E-state index contributed by atoms with van der Waals surface area (Å²) in [6.07, 6.45) is -4.51. The second kappa shape index (κ2) is 6.84. The minimum absolute atomic E-state index is 0.0690. The summed E-state index contributed by atoms with van der Waals surface area (Å²) < 4.78 is 68.7. The number of nitrogens with zero attached hydrogens (tertiary/aromatic N) is 2. The molecule has 0 aliphatic carbocycles. The highest BCUT2D eigenvalue weighted by molar-refractivity contribution is 9.10. The van der Waals surface area contributed by atoms with Crippen LogP contribution in [0.15, 0.2) is 62.4 Å². The first-order valence-corrected chi connectivity index (χ1v) is 9.58. The summed E-state index contributed by atoms with van der Waals surface area (Å²) in [7, 11) is -3.73. The molecule has 1 aromatic heterocycles. The second-order valence-electron chi connectivity index (χ2n) is 5.30. The van der Waals surface area contributed by atoms with Crippen LogP contribution in [-0.2, 0) is 21.8 Å². The average Bonchev–Trinajstić information content (AvgIpc) is 3.02. The van der Waals surface area contributed by atoms with E-state index in [-0.39, 0.29) is 22.2 Å². The lowest BCUT2D eigenvalue weighted by molar-refractivity contribution is -0.137. The first-order valence-electron chi connectivity index (χ1n) is 7.14. The van der Waals surface area contributed by atoms with Crippen LogP contribution in [0.2, 0.25) is 0 Å². The van der Waals surface area contributed by atoms with E-state index in [9.17, 15) is 21.6 Å². The maximum Gasteiger partial charge on any atom is 0.416 e. The Bertz CT molecular complexity index is 1030. The van der Waals surface area contributed by atoms with Crippen molar-refractivity contribution in [3.8, 4) is 11.4 Å². The fourth-order valence-corrected chi connectivity index (χ4v) is 3.58. The van der Waals surface area contributed by atoms with Crippen molar-refractivity contribution in [1.29, 1.82) is 0 Å². The van der Waals surface area contributed by atoms with Crippen LogP contribution in [0.1, 0.15) is 11.5 Å². The Morgan fingerprint density at radius 2 is 1.77 bits per heavy atom. The summed E-state index contributed by atoms with van der Waals surface area (Å²) in [5.74, 6) is -0.877. The summed E-state index contributed by atoms with van der Waals surface area (Å²) in [6.45, 7) is 0. The SMILES string of the molecule is O=S(=O)(Cc1nc(-c2cccc(C(F)(F)F)c2)no1)c1ccc(Br)cc1. The zero-order valence-electron chi connectivity index (χ0n) is 12.9. The molecule has 0 N–H and O–H groups in total. The molecule has 10 heteroatoms. The number of benzene rings is 2. The average molecular weight is 447 g/mol. The van der Waals surface area contributed by atoms with E-state index in [0.29, 0.717) is 0 Å². The van der Waals surface area contributed by atoms with Crippen molar-refractivity contribution in [3.63, 3.8) is 0 Å². The van der Waals surface area contributed by atoms with Crippen LogP contribution in [0, 0.1) is 0 Å². The van der Waals surface area contributed by atoms with E-state index in [1.54, 1.807) is 12.1 Å². The number of rotatable bonds is 4. The Morgan fingerprint density at radius 1 is 1.08 bits per heavy atom. The van der Waals surface area contributed by atoms with Crippen molar-refractivity contribution in [2.24, 2.45) is 0 Å². The molecule has 1 heterocycles. The molecule has 136 valence electrons. The highest BCUT2D eigenvalue weighted by atomic mass is 79.9. The van der Waals surface area contributed by atoms with E-state index in [4.69, 9.17) is 4.52 Å². The van der Waals surface area contributed by atoms with Gasteiger partial charge in [-0.15, -0.1) is 0 Å². The summed E-state index contributed by atoms with van der Waals surface area (Å²) in [5, 5.41) is 3.58. The highest BCUT2D eigenvalue weighted by Crippen LogP contribution is 2.31. The second-order valence-corrected chi connectivity index (χ2v) is 8.21. The van der Waals surface area contributed by atoms with Crippen LogP contribution >= 0.6 is 15.9 Å². The third-order valence-corrected chi connectivity index (χ3v) is 5.55. The predicted molar refractivity (Wildman–Crippen MR) is 89.8 cm³/mol. The third kappa shape index (κ3) is 4.13. The number of halogens is 4. The van der Waals surface area contributed by atoms with Gasteiger partial charge >= 0.3 is 6.18 Å². The predicted octanol–water partition coefficient (Wildman–Crippen LogP) is 4.49. The van der Waals surface area contributed by atoms with E-state index in [0.717, 1.165) is 16.6 Å². The number of sulfone groups is 1. The Labute approximate surface area is 154 Å². The van der Waals surface area contributed by atoms with E-state index in [2.05, 4.69) is 26.1 Å². The van der Waals surface area contributed by atoms with Crippen molar-refractivity contribution in [1.82, 2.24) is 10.1 Å². The van der Waals surface area contributed by atoms with Crippen molar-refractivity contribution in [2.45, 2.75) is 16.8 Å². The number of hydrogen-bond donors (Lipinski definition) is 0. The van der Waals surface area contributed by atoms with Crippen LogP contribution in [0.5, 0.6) is 0 Å². The topological polar surface area (TPSA) is 73.1 Å². The molecular weight excluding hydrogens is 437 g/mol. The summed E-state index contributed by atoms with van der Waals surface area (Å²) in [4.78, 5) is 3.97. The smallest absolute Gasteiger partial charge is 0.338 e. The monoisotopic (exact) mass is 446 g/mol. The van der Waals surface area contributed by atoms with Gasteiger partial charge in [-0.2, -0.15) is 18.2 Å². The van der Waals surface area contributed by atoms with Gasteiger partial charge in [0, 0.05) is 10.0 Å². The Hall–Kier alpha value is -2.20. The van der Waals surface area contributed by atoms with E-state index < -0.39 is 27.3 Å². The summed E-state index contributed by atoms with van der Waals surface area (Å²) in [6, 6.07) is 10.4. The first-order chi connectivity index (χ1) is 12.1. The Morgan fingerprint density at radius 3 is 2.42 bits per heavy atom. The Kier molecular flexibility index (Phi) is 4.89. The molecule has 3 rings (SSSR count). The molecule has 0 amide bonds. The molecule has 0 saturated heterocycles. The third-order valence-electron chi connectivity index (χ3n) is 3.40. The molecule has 5 nitrogen and oxygen atoms in total. The number of aromatic nitrogens is 2. The van der Waals surface area contributed by atoms with Gasteiger partial charge in [-0.05, 0) is 36.4 Å². The maximum absolute atomic E-state index is 12.8. The maximum atomic E-state index is 12.8. The minimum atomic E-state index is -4.51. The van der Waals surface area contributed by atoms with Crippen LogP contribution < -0.4 is 0 Å². The lowest BCUT2D eigenvalue weighted by Gasteiger charge is -2.06. The lowest BCUT2D eigenvalue weighted by Crippen LogP contribution is -2.05. The summed E-state index contributed by atoms with van der Waals surface area (Å²) >= 11 is 3.21. The van der Waals surface area contributed by atoms with Gasteiger partial charge in [-0.25, -0.2) is 8.42 Å². The van der Waals surface area contributed by atoms with E-state index in [1.807, 2.05) is 0 Å². The number of hydrogen-bond acceptors (Lipinski definition) is 5.